The van der Waals surface area contributed by atoms with Crippen LogP contribution in [0.1, 0.15) is 82.2 Å². The SMILES string of the molecule is N=C(N)NCCC[C@H](NC(=O)CCC(=O)NCCOCCOCCNC(=O)c1ccc(-c2c3nc(c(-c4ccccc4)c4[nH]c(c(-c5ccccc5)c5nc(c(-c6ccccc6)c6ccc2[nH]6)C=C5)CC4)C=C3)cc1)C(=O)NCC(=O)N[C@@H](CC(=O)NCc1ccccc1)C(=O)O. The van der Waals surface area contributed by atoms with Crippen molar-refractivity contribution in [2.24, 2.45) is 5.73 Å². The van der Waals surface area contributed by atoms with E-state index in [1.54, 1.807) is 36.4 Å². The lowest BCUT2D eigenvalue weighted by Gasteiger charge is -2.19. The molecule has 0 fully saturated rings. The molecule has 5 aromatic carbocycles. The molecule has 5 heterocycles. The number of nitrogens with zero attached hydrogens (tertiary/aromatic N) is 2. The Morgan fingerprint density at radius 2 is 0.979 bits per heavy atom. The molecule has 0 aliphatic carbocycles. The van der Waals surface area contributed by atoms with Crippen molar-refractivity contribution < 1.29 is 48.1 Å². The van der Waals surface area contributed by atoms with Crippen molar-refractivity contribution in [2.75, 3.05) is 52.6 Å². The number of fused-ring (bicyclic) bond motifs is 8. The zero-order valence-electron chi connectivity index (χ0n) is 53.4. The first-order chi connectivity index (χ1) is 47.2. The number of guanidine groups is 1. The van der Waals surface area contributed by atoms with Crippen molar-refractivity contribution in [2.45, 2.75) is 63.6 Å². The average molecular weight is 1310 g/mol. The molecule has 10 rings (SSSR count). The highest BCUT2D eigenvalue weighted by molar-refractivity contribution is 5.99. The summed E-state index contributed by atoms with van der Waals surface area (Å²) < 4.78 is 11.3. The number of carbonyl (C=O) groups excluding carboxylic acids is 6. The number of H-pyrrole nitrogens is 2. The summed E-state index contributed by atoms with van der Waals surface area (Å²) in [6.45, 7) is 0.867. The molecule has 0 saturated carbocycles. The number of carboxylic acids is 1. The van der Waals surface area contributed by atoms with Gasteiger partial charge in [-0.05, 0) is 102 Å². The fourth-order valence-corrected chi connectivity index (χ4v) is 11.4. The Kier molecular flexibility index (Phi) is 24.0. The van der Waals surface area contributed by atoms with Crippen LogP contribution in [-0.4, -0.2) is 137 Å². The van der Waals surface area contributed by atoms with E-state index in [0.717, 1.165) is 108 Å². The molecular weight excluding hydrogens is 1230 g/mol. The maximum absolute atomic E-state index is 13.5. The Morgan fingerprint density at radius 1 is 0.495 bits per heavy atom. The molecule has 0 unspecified atom stereocenters. The van der Waals surface area contributed by atoms with E-state index in [2.05, 4.69) is 132 Å². The maximum Gasteiger partial charge on any atom is 0.326 e. The van der Waals surface area contributed by atoms with Gasteiger partial charge < -0.3 is 67.5 Å². The van der Waals surface area contributed by atoms with Crippen LogP contribution in [0, 0.1) is 5.41 Å². The average Bonchev–Trinajstić information content (AvgIpc) is 1.63. The van der Waals surface area contributed by atoms with Gasteiger partial charge in [-0.15, -0.1) is 0 Å². The van der Waals surface area contributed by atoms with Crippen molar-refractivity contribution in [3.05, 3.63) is 203 Å². The zero-order chi connectivity index (χ0) is 67.9. The smallest absolute Gasteiger partial charge is 0.326 e. The Morgan fingerprint density at radius 3 is 1.52 bits per heavy atom. The molecule has 7 aromatic rings. The quantitative estimate of drug-likeness (QED) is 0.0113. The van der Waals surface area contributed by atoms with E-state index in [4.69, 9.17) is 30.6 Å². The number of aromatic amines is 2. The minimum Gasteiger partial charge on any atom is -0.480 e. The third-order valence-electron chi connectivity index (χ3n) is 16.1. The lowest BCUT2D eigenvalue weighted by molar-refractivity contribution is -0.143. The minimum absolute atomic E-state index is 0.0560. The number of carboxylic acid groups (broad SMARTS) is 1. The van der Waals surface area contributed by atoms with Gasteiger partial charge in [-0.1, -0.05) is 133 Å². The number of carbonyl (C=O) groups is 7. The Labute approximate surface area is 560 Å². The number of nitrogens with two attached hydrogens (primary N) is 1. The standard InChI is InChI=1S/C74H77N13O10/c75-74(76)79-37-13-22-61(72(93)81-46-66(91)87-62(73(94)95)44-65(90)80-45-47-14-5-1-6-15-47)86-64(89)36-35-63(88)77-38-40-96-42-43-97-41-39-78-71(92)52-25-23-51(24-26-52)70-59-33-31-57(84-59)68(49-18-9-3-10-19-49)55-29-27-53(82-55)67(48-16-7-2-8-17-48)54-28-30-56(83-54)69(50-20-11-4-12-21-50)58-32-34-60(70)85-58/h1-12,14-21,23-27,29,31-34,61-62,83-84H,13,22,28,30,35-46H2,(H,77,88)(H,78,92)(H,80,90)(H,81,93)(H,86,89)(H,87,91)(H,94,95)(H4,75,76,79)/t61-,62-/m0/s1. The van der Waals surface area contributed by atoms with E-state index in [1.807, 2.05) is 60.7 Å². The van der Waals surface area contributed by atoms with Crippen LogP contribution in [0.3, 0.4) is 0 Å². The van der Waals surface area contributed by atoms with Crippen LogP contribution in [0.15, 0.2) is 158 Å². The lowest BCUT2D eigenvalue weighted by atomic mass is 9.99. The molecule has 498 valence electrons. The van der Waals surface area contributed by atoms with E-state index in [-0.39, 0.29) is 90.2 Å². The third-order valence-corrected chi connectivity index (χ3v) is 16.1. The second kappa shape index (κ2) is 34.0. The van der Waals surface area contributed by atoms with Gasteiger partial charge in [0.05, 0.1) is 62.2 Å². The van der Waals surface area contributed by atoms with Crippen LogP contribution in [-0.2, 0) is 57.6 Å². The number of aliphatic carboxylic acids is 1. The van der Waals surface area contributed by atoms with Crippen molar-refractivity contribution in [1.82, 2.24) is 57.2 Å². The fraction of sp³-hybridized carbons (Fsp3) is 0.243. The topological polar surface area (TPSA) is 350 Å². The van der Waals surface area contributed by atoms with Gasteiger partial charge in [0.25, 0.3) is 5.91 Å². The number of hydrogen-bond donors (Lipinski definition) is 12. The van der Waals surface area contributed by atoms with Crippen molar-refractivity contribution >= 4 is 82.7 Å². The van der Waals surface area contributed by atoms with E-state index in [0.29, 0.717) is 5.56 Å². The molecule has 0 saturated heterocycles. The summed E-state index contributed by atoms with van der Waals surface area (Å²) in [4.78, 5) is 108. The molecule has 13 N–H and O–H groups in total. The van der Waals surface area contributed by atoms with Gasteiger partial charge in [-0.2, -0.15) is 0 Å². The molecule has 3 aliphatic rings. The van der Waals surface area contributed by atoms with Crippen molar-refractivity contribution in [3.63, 3.8) is 0 Å². The number of hydrogen-bond acceptors (Lipinski definition) is 12. The van der Waals surface area contributed by atoms with Crippen LogP contribution >= 0.6 is 0 Å². The summed E-state index contributed by atoms with van der Waals surface area (Å²) in [5, 5.41) is 35.0. The van der Waals surface area contributed by atoms with Crippen LogP contribution in [0.4, 0.5) is 0 Å². The summed E-state index contributed by atoms with van der Waals surface area (Å²) in [5.74, 6) is -5.36. The molecule has 97 heavy (non-hydrogen) atoms. The molecule has 0 spiro atoms. The molecular formula is C74H77N13O10. The van der Waals surface area contributed by atoms with Gasteiger partial charge in [0.1, 0.15) is 12.1 Å². The van der Waals surface area contributed by atoms with E-state index >= 15 is 0 Å². The number of benzene rings is 5. The van der Waals surface area contributed by atoms with Gasteiger partial charge in [-0.25, -0.2) is 14.8 Å². The second-order valence-corrected chi connectivity index (χ2v) is 23.1. The normalized spacial score (nSPS) is 12.3. The van der Waals surface area contributed by atoms with E-state index in [9.17, 15) is 38.7 Å². The number of aryl methyl sites for hydroxylation is 2. The molecule has 23 heteroatoms. The predicted octanol–water partition coefficient (Wildman–Crippen LogP) is 7.63. The first-order valence-electron chi connectivity index (χ1n) is 32.2. The Hall–Kier alpha value is -11.6. The number of nitrogens with one attached hydrogen (secondary N) is 10. The van der Waals surface area contributed by atoms with Gasteiger partial charge in [-0.3, -0.25) is 34.2 Å². The lowest BCUT2D eigenvalue weighted by Crippen LogP contribution is -2.51. The van der Waals surface area contributed by atoms with Crippen molar-refractivity contribution in [3.8, 4) is 44.5 Å². The Bertz CT molecular complexity index is 4250. The van der Waals surface area contributed by atoms with Gasteiger partial charge in [0.15, 0.2) is 5.96 Å². The van der Waals surface area contributed by atoms with E-state index in [1.165, 1.54) is 0 Å². The molecule has 2 aromatic heterocycles. The summed E-state index contributed by atoms with van der Waals surface area (Å²) in [7, 11) is 0. The number of aromatic nitrogens is 4. The van der Waals surface area contributed by atoms with Gasteiger partial charge >= 0.3 is 5.97 Å². The molecule has 0 radical (unpaired) electrons. The molecule has 2 atom stereocenters. The summed E-state index contributed by atoms with van der Waals surface area (Å²) in [6, 6.07) is 48.9. The largest absolute Gasteiger partial charge is 0.480 e. The first kappa shape index (κ1) is 68.3. The zero-order valence-corrected chi connectivity index (χ0v) is 53.4. The maximum atomic E-state index is 13.5. The van der Waals surface area contributed by atoms with Crippen LogP contribution in [0.25, 0.3) is 79.8 Å². The fourth-order valence-electron chi connectivity index (χ4n) is 11.4. The second-order valence-electron chi connectivity index (χ2n) is 23.1. The number of amides is 6. The molecule has 6 amide bonds. The highest BCUT2D eigenvalue weighted by atomic mass is 16.5. The predicted molar refractivity (Wildman–Crippen MR) is 372 cm³/mol. The molecule has 8 bridgehead atoms. The van der Waals surface area contributed by atoms with Crippen molar-refractivity contribution in [1.29, 1.82) is 5.41 Å². The highest BCUT2D eigenvalue weighted by Crippen LogP contribution is 2.39. The van der Waals surface area contributed by atoms with Crippen LogP contribution in [0.5, 0.6) is 0 Å². The van der Waals surface area contributed by atoms with Gasteiger partial charge in [0.2, 0.25) is 29.5 Å². The highest BCUT2D eigenvalue weighted by Gasteiger charge is 2.27. The van der Waals surface area contributed by atoms with E-state index < -0.39 is 60.6 Å². The number of ether oxygens (including phenoxy) is 2. The van der Waals surface area contributed by atoms with Crippen LogP contribution in [0.2, 0.25) is 0 Å². The third kappa shape index (κ3) is 19.1. The first-order valence-corrected chi connectivity index (χ1v) is 32.2. The minimum atomic E-state index is -1.58. The molecule has 23 nitrogen and oxygen atoms in total. The van der Waals surface area contributed by atoms with Gasteiger partial charge in [0, 0.05) is 89.3 Å². The summed E-state index contributed by atoms with van der Waals surface area (Å²) in [6.07, 6.45) is 9.19. The summed E-state index contributed by atoms with van der Waals surface area (Å²) in [5.41, 5.74) is 21.6. The van der Waals surface area contributed by atoms with Crippen LogP contribution < -0.4 is 43.0 Å². The molecule has 3 aliphatic heterocycles. The Balaban J connectivity index is 0.700. The summed E-state index contributed by atoms with van der Waals surface area (Å²) >= 11 is 0. The monoisotopic (exact) mass is 1310 g/mol. The number of rotatable bonds is 31.